The monoisotopic (exact) mass is 370 g/mol. The first-order chi connectivity index (χ1) is 13.7. The number of hydrogen-bond donors (Lipinski definition) is 1. The molecule has 4 rings (SSSR count). The zero-order valence-corrected chi connectivity index (χ0v) is 15.3. The van der Waals surface area contributed by atoms with Crippen molar-refractivity contribution in [1.29, 1.82) is 0 Å². The van der Waals surface area contributed by atoms with Gasteiger partial charge in [0.2, 0.25) is 0 Å². The third-order valence-corrected chi connectivity index (χ3v) is 4.43. The van der Waals surface area contributed by atoms with E-state index in [0.29, 0.717) is 40.0 Å². The molecule has 5 nitrogen and oxygen atoms in total. The van der Waals surface area contributed by atoms with Gasteiger partial charge in [0.1, 0.15) is 11.4 Å². The second-order valence-corrected chi connectivity index (χ2v) is 6.30. The minimum absolute atomic E-state index is 0.0982. The molecule has 0 aliphatic rings. The van der Waals surface area contributed by atoms with E-state index < -0.39 is 0 Å². The van der Waals surface area contributed by atoms with Crippen molar-refractivity contribution in [3.8, 4) is 17.0 Å². The lowest BCUT2D eigenvalue weighted by Gasteiger charge is -2.07. The molecule has 0 spiro atoms. The Bertz CT molecular complexity index is 1200. The van der Waals surface area contributed by atoms with Gasteiger partial charge in [0.05, 0.1) is 17.6 Å². The Labute approximate surface area is 161 Å². The molecule has 0 atom stereocenters. The van der Waals surface area contributed by atoms with Crippen molar-refractivity contribution in [3.05, 3.63) is 94.3 Å². The van der Waals surface area contributed by atoms with Crippen LogP contribution in [0.15, 0.2) is 77.6 Å². The predicted molar refractivity (Wildman–Crippen MR) is 109 cm³/mol. The Balaban J connectivity index is 1.72. The Hall–Kier alpha value is -3.73. The van der Waals surface area contributed by atoms with Gasteiger partial charge in [0.25, 0.3) is 5.56 Å². The lowest BCUT2D eigenvalue weighted by atomic mass is 10.0. The van der Waals surface area contributed by atoms with Gasteiger partial charge in [-0.3, -0.25) is 9.59 Å². The largest absolute Gasteiger partial charge is 0.494 e. The number of aromatic amines is 1. The van der Waals surface area contributed by atoms with Crippen LogP contribution in [0.2, 0.25) is 0 Å². The molecular formula is C23H18N2O3. The summed E-state index contributed by atoms with van der Waals surface area (Å²) in [5.41, 5.74) is 2.98. The molecule has 0 bridgehead atoms. The number of H-pyrrole nitrogens is 1. The van der Waals surface area contributed by atoms with E-state index >= 15 is 0 Å². The molecule has 28 heavy (non-hydrogen) atoms. The maximum absolute atomic E-state index is 12.6. The van der Waals surface area contributed by atoms with Gasteiger partial charge in [-0.05, 0) is 49.4 Å². The summed E-state index contributed by atoms with van der Waals surface area (Å²) in [6, 6.07) is 21.4. The molecule has 0 saturated heterocycles. The van der Waals surface area contributed by atoms with E-state index in [1.165, 1.54) is 0 Å². The molecule has 1 N–H and O–H groups in total. The number of fused-ring (bicyclic) bond motifs is 1. The van der Waals surface area contributed by atoms with Gasteiger partial charge in [-0.1, -0.05) is 30.3 Å². The first-order valence-corrected chi connectivity index (χ1v) is 9.03. The van der Waals surface area contributed by atoms with E-state index in [1.807, 2.05) is 49.4 Å². The summed E-state index contributed by atoms with van der Waals surface area (Å²) < 4.78 is 5.43. The molecule has 0 saturated carbocycles. The lowest BCUT2D eigenvalue weighted by molar-refractivity contribution is 0.103. The van der Waals surface area contributed by atoms with E-state index in [2.05, 4.69) is 9.97 Å². The number of carbonyl (C=O) groups is 1. The van der Waals surface area contributed by atoms with Crippen molar-refractivity contribution in [2.45, 2.75) is 6.92 Å². The minimum Gasteiger partial charge on any atom is -0.494 e. The van der Waals surface area contributed by atoms with Crippen molar-refractivity contribution in [3.63, 3.8) is 0 Å². The average Bonchev–Trinajstić information content (AvgIpc) is 2.74. The molecule has 1 heterocycles. The number of carbonyl (C=O) groups excluding carboxylic acids is 1. The summed E-state index contributed by atoms with van der Waals surface area (Å²) in [5.74, 6) is 0.645. The van der Waals surface area contributed by atoms with E-state index in [9.17, 15) is 9.59 Å². The molecule has 0 unspecified atom stereocenters. The van der Waals surface area contributed by atoms with Crippen LogP contribution in [0.4, 0.5) is 0 Å². The molecule has 0 radical (unpaired) electrons. The van der Waals surface area contributed by atoms with E-state index in [-0.39, 0.29) is 11.3 Å². The summed E-state index contributed by atoms with van der Waals surface area (Å²) in [5, 5.41) is 0. The number of rotatable bonds is 5. The van der Waals surface area contributed by atoms with Crippen LogP contribution in [0.3, 0.4) is 0 Å². The van der Waals surface area contributed by atoms with Gasteiger partial charge in [0.15, 0.2) is 5.78 Å². The molecule has 0 aliphatic heterocycles. The van der Waals surface area contributed by atoms with Gasteiger partial charge >= 0.3 is 0 Å². The smallest absolute Gasteiger partial charge is 0.274 e. The maximum Gasteiger partial charge on any atom is 0.274 e. The van der Waals surface area contributed by atoms with Crippen molar-refractivity contribution in [2.24, 2.45) is 0 Å². The fourth-order valence-electron chi connectivity index (χ4n) is 3.06. The van der Waals surface area contributed by atoms with Crippen LogP contribution in [0, 0.1) is 0 Å². The number of hydrogen-bond acceptors (Lipinski definition) is 4. The highest BCUT2D eigenvalue weighted by Crippen LogP contribution is 2.21. The Morgan fingerprint density at radius 1 is 0.964 bits per heavy atom. The van der Waals surface area contributed by atoms with Crippen molar-refractivity contribution >= 4 is 16.8 Å². The third kappa shape index (κ3) is 3.42. The first kappa shape index (κ1) is 17.7. The van der Waals surface area contributed by atoms with Gasteiger partial charge in [0, 0.05) is 16.7 Å². The molecule has 0 fully saturated rings. The highest BCUT2D eigenvalue weighted by Gasteiger charge is 2.12. The van der Waals surface area contributed by atoms with Crippen LogP contribution >= 0.6 is 0 Å². The molecule has 5 heteroatoms. The van der Waals surface area contributed by atoms with Crippen LogP contribution in [-0.2, 0) is 0 Å². The third-order valence-electron chi connectivity index (χ3n) is 4.43. The number of ether oxygens (including phenoxy) is 1. The second-order valence-electron chi connectivity index (χ2n) is 6.30. The van der Waals surface area contributed by atoms with Crippen LogP contribution in [0.25, 0.3) is 22.3 Å². The zero-order valence-electron chi connectivity index (χ0n) is 15.3. The summed E-state index contributed by atoms with van der Waals surface area (Å²) in [4.78, 5) is 32.5. The fraction of sp³-hybridized carbons (Fsp3) is 0.0870. The van der Waals surface area contributed by atoms with E-state index in [1.54, 1.807) is 30.3 Å². The van der Waals surface area contributed by atoms with Gasteiger partial charge in [-0.15, -0.1) is 0 Å². The van der Waals surface area contributed by atoms with Crippen molar-refractivity contribution in [2.75, 3.05) is 6.61 Å². The van der Waals surface area contributed by atoms with Crippen LogP contribution in [0.5, 0.6) is 5.75 Å². The lowest BCUT2D eigenvalue weighted by Crippen LogP contribution is -2.12. The number of benzene rings is 3. The highest BCUT2D eigenvalue weighted by molar-refractivity contribution is 6.10. The molecule has 3 aromatic carbocycles. The second kappa shape index (κ2) is 7.48. The Kier molecular flexibility index (Phi) is 4.72. The van der Waals surface area contributed by atoms with Gasteiger partial charge in [-0.25, -0.2) is 4.98 Å². The summed E-state index contributed by atoms with van der Waals surface area (Å²) in [6.07, 6.45) is 0. The number of nitrogens with one attached hydrogen (secondary N) is 1. The molecule has 0 aliphatic carbocycles. The summed E-state index contributed by atoms with van der Waals surface area (Å²) in [7, 11) is 0. The SMILES string of the molecule is CCOc1ccc(-c2nc3ccc(C(=O)c4ccccc4)cc3[nH]c2=O)cc1. The maximum atomic E-state index is 12.6. The molecule has 0 amide bonds. The molecular weight excluding hydrogens is 352 g/mol. The van der Waals surface area contributed by atoms with Crippen LogP contribution in [-0.4, -0.2) is 22.4 Å². The Morgan fingerprint density at radius 2 is 1.71 bits per heavy atom. The predicted octanol–water partition coefficient (Wildman–Crippen LogP) is 4.22. The minimum atomic E-state index is -0.305. The zero-order chi connectivity index (χ0) is 19.5. The molecule has 138 valence electrons. The van der Waals surface area contributed by atoms with Crippen LogP contribution in [0.1, 0.15) is 22.8 Å². The topological polar surface area (TPSA) is 72.0 Å². The number of ketones is 1. The first-order valence-electron chi connectivity index (χ1n) is 9.03. The fourth-order valence-corrected chi connectivity index (χ4v) is 3.06. The summed E-state index contributed by atoms with van der Waals surface area (Å²) in [6.45, 7) is 2.50. The van der Waals surface area contributed by atoms with Gasteiger partial charge in [-0.2, -0.15) is 0 Å². The van der Waals surface area contributed by atoms with E-state index in [4.69, 9.17) is 4.74 Å². The standard InChI is InChI=1S/C23H18N2O3/c1-2-28-18-11-8-15(9-12-18)21-23(27)25-20-14-17(10-13-19(20)24-21)22(26)16-6-4-3-5-7-16/h3-14H,2H2,1H3,(H,25,27). The van der Waals surface area contributed by atoms with Crippen molar-refractivity contribution < 1.29 is 9.53 Å². The Morgan fingerprint density at radius 3 is 2.43 bits per heavy atom. The highest BCUT2D eigenvalue weighted by atomic mass is 16.5. The van der Waals surface area contributed by atoms with Gasteiger partial charge < -0.3 is 9.72 Å². The van der Waals surface area contributed by atoms with Crippen molar-refractivity contribution in [1.82, 2.24) is 9.97 Å². The van der Waals surface area contributed by atoms with E-state index in [0.717, 1.165) is 5.75 Å². The summed E-state index contributed by atoms with van der Waals surface area (Å²) >= 11 is 0. The number of aromatic nitrogens is 2. The normalized spacial score (nSPS) is 10.8. The quantitative estimate of drug-likeness (QED) is 0.534. The molecule has 4 aromatic rings. The van der Waals surface area contributed by atoms with Crippen LogP contribution < -0.4 is 10.3 Å². The number of nitrogens with zero attached hydrogens (tertiary/aromatic N) is 1. The molecule has 1 aromatic heterocycles. The average molecular weight is 370 g/mol.